The molecule has 0 saturated heterocycles. The van der Waals surface area contributed by atoms with Crippen LogP contribution in [0, 0.1) is 17.8 Å². The fourth-order valence-electron chi connectivity index (χ4n) is 1.91. The van der Waals surface area contributed by atoms with Gasteiger partial charge in [0.25, 0.3) is 0 Å². The van der Waals surface area contributed by atoms with Crippen molar-refractivity contribution in [2.45, 2.75) is 101 Å². The first-order valence-electron chi connectivity index (χ1n) is 13.0. The second-order valence-corrected chi connectivity index (χ2v) is 12.9. The molecule has 0 fully saturated rings. The first kappa shape index (κ1) is 36.4. The van der Waals surface area contributed by atoms with E-state index in [4.69, 9.17) is 27.1 Å². The minimum Gasteiger partial charge on any atom is -0.287 e. The molecular formula is C24H54O8P2. The van der Waals surface area contributed by atoms with Gasteiger partial charge in [0.05, 0.1) is 39.6 Å². The van der Waals surface area contributed by atoms with Crippen molar-refractivity contribution in [3.05, 3.63) is 0 Å². The van der Waals surface area contributed by atoms with Gasteiger partial charge in [0.15, 0.2) is 0 Å². The summed E-state index contributed by atoms with van der Waals surface area (Å²) in [5, 5.41) is 0. The average Bonchev–Trinajstić information content (AvgIpc) is 2.76. The van der Waals surface area contributed by atoms with Gasteiger partial charge in [-0.15, -0.1) is 0 Å². The highest BCUT2D eigenvalue weighted by molar-refractivity contribution is 7.48. The van der Waals surface area contributed by atoms with E-state index in [9.17, 15) is 9.13 Å². The molecule has 0 heterocycles. The van der Waals surface area contributed by atoms with Crippen LogP contribution in [-0.2, 0) is 36.3 Å². The van der Waals surface area contributed by atoms with Crippen molar-refractivity contribution in [1.82, 2.24) is 0 Å². The van der Waals surface area contributed by atoms with Gasteiger partial charge in [-0.2, -0.15) is 0 Å². The van der Waals surface area contributed by atoms with Crippen molar-refractivity contribution in [1.29, 1.82) is 0 Å². The van der Waals surface area contributed by atoms with E-state index in [0.29, 0.717) is 57.4 Å². The Balaban J connectivity index is 0. The van der Waals surface area contributed by atoms with Gasteiger partial charge in [0.1, 0.15) is 0 Å². The van der Waals surface area contributed by atoms with Gasteiger partial charge in [0, 0.05) is 0 Å². The Morgan fingerprint density at radius 2 is 0.706 bits per heavy atom. The first-order valence-corrected chi connectivity index (χ1v) is 15.9. The third-order valence-corrected chi connectivity index (χ3v) is 6.83. The summed E-state index contributed by atoms with van der Waals surface area (Å²) >= 11 is 0. The lowest BCUT2D eigenvalue weighted by atomic mass is 10.2. The fourth-order valence-corrected chi connectivity index (χ4v) is 4.85. The monoisotopic (exact) mass is 532 g/mol. The fraction of sp³-hybridized carbons (Fsp3) is 1.00. The molecule has 0 amide bonds. The second-order valence-electron chi connectivity index (χ2n) is 9.52. The number of rotatable bonds is 21. The minimum absolute atomic E-state index is 0.306. The van der Waals surface area contributed by atoms with E-state index in [2.05, 4.69) is 20.8 Å². The molecule has 0 aliphatic rings. The van der Waals surface area contributed by atoms with Gasteiger partial charge in [-0.05, 0) is 37.0 Å². The largest absolute Gasteiger partial charge is 0.474 e. The maximum atomic E-state index is 12.2. The summed E-state index contributed by atoms with van der Waals surface area (Å²) in [4.78, 5) is 0. The van der Waals surface area contributed by atoms with Crippen LogP contribution in [0.25, 0.3) is 0 Å². The number of phosphoric acid groups is 2. The van der Waals surface area contributed by atoms with Crippen molar-refractivity contribution >= 4 is 15.6 Å². The maximum Gasteiger partial charge on any atom is 0.474 e. The molecule has 0 rings (SSSR count). The Morgan fingerprint density at radius 3 is 0.912 bits per heavy atom. The van der Waals surface area contributed by atoms with Crippen molar-refractivity contribution in [2.24, 2.45) is 17.8 Å². The zero-order valence-electron chi connectivity index (χ0n) is 23.4. The summed E-state index contributed by atoms with van der Waals surface area (Å²) < 4.78 is 56.2. The van der Waals surface area contributed by atoms with Crippen LogP contribution in [0.15, 0.2) is 0 Å². The topological polar surface area (TPSA) is 89.5 Å². The molecule has 0 radical (unpaired) electrons. The SMILES string of the molecule is CCCCOP(=O)(OCC(C)C)OCC(C)C.CCCCOP(=O)(OCCCC)OCC(C)C. The molecule has 0 spiro atoms. The maximum absolute atomic E-state index is 12.2. The van der Waals surface area contributed by atoms with E-state index in [1.807, 2.05) is 41.5 Å². The third-order valence-electron chi connectivity index (χ3n) is 3.94. The van der Waals surface area contributed by atoms with Crippen LogP contribution in [0.5, 0.6) is 0 Å². The van der Waals surface area contributed by atoms with E-state index in [1.165, 1.54) is 0 Å². The Labute approximate surface area is 210 Å². The molecule has 0 aliphatic carbocycles. The molecule has 208 valence electrons. The molecule has 0 aliphatic heterocycles. The Hall–Kier alpha value is 0.220. The van der Waals surface area contributed by atoms with E-state index < -0.39 is 15.6 Å². The van der Waals surface area contributed by atoms with Gasteiger partial charge in [0.2, 0.25) is 0 Å². The molecule has 0 saturated carbocycles. The first-order chi connectivity index (χ1) is 15.9. The van der Waals surface area contributed by atoms with Crippen LogP contribution >= 0.6 is 15.6 Å². The summed E-state index contributed by atoms with van der Waals surface area (Å²) in [5.74, 6) is 0.925. The smallest absolute Gasteiger partial charge is 0.287 e. The number of hydrogen-bond donors (Lipinski definition) is 0. The summed E-state index contributed by atoms with van der Waals surface area (Å²) in [5.41, 5.74) is 0. The molecule has 0 aromatic rings. The normalized spacial score (nSPS) is 12.5. The lowest BCUT2D eigenvalue weighted by Gasteiger charge is -2.19. The second kappa shape index (κ2) is 22.4. The molecule has 34 heavy (non-hydrogen) atoms. The van der Waals surface area contributed by atoms with Crippen LogP contribution in [-0.4, -0.2) is 39.6 Å². The van der Waals surface area contributed by atoms with E-state index >= 15 is 0 Å². The summed E-state index contributed by atoms with van der Waals surface area (Å²) in [6.07, 6.45) is 5.59. The van der Waals surface area contributed by atoms with Gasteiger partial charge in [-0.3, -0.25) is 27.1 Å². The molecule has 0 atom stereocenters. The van der Waals surface area contributed by atoms with Gasteiger partial charge in [-0.25, -0.2) is 9.13 Å². The Morgan fingerprint density at radius 1 is 0.471 bits per heavy atom. The van der Waals surface area contributed by atoms with E-state index in [-0.39, 0.29) is 0 Å². The Bertz CT molecular complexity index is 511. The van der Waals surface area contributed by atoms with Gasteiger partial charge < -0.3 is 0 Å². The molecule has 0 N–H and O–H groups in total. The highest BCUT2D eigenvalue weighted by atomic mass is 31.2. The molecular weight excluding hydrogens is 478 g/mol. The number of hydrogen-bond acceptors (Lipinski definition) is 8. The van der Waals surface area contributed by atoms with Crippen LogP contribution in [0.4, 0.5) is 0 Å². The highest BCUT2D eigenvalue weighted by Gasteiger charge is 2.27. The van der Waals surface area contributed by atoms with Crippen molar-refractivity contribution in [3.63, 3.8) is 0 Å². The van der Waals surface area contributed by atoms with Crippen LogP contribution in [0.2, 0.25) is 0 Å². The lowest BCUT2D eigenvalue weighted by Crippen LogP contribution is -2.09. The summed E-state index contributed by atoms with van der Waals surface area (Å²) in [6, 6.07) is 0. The Kier molecular flexibility index (Phi) is 24.0. The number of unbranched alkanes of at least 4 members (excludes halogenated alkanes) is 3. The number of phosphoric ester groups is 2. The molecule has 10 heteroatoms. The lowest BCUT2D eigenvalue weighted by molar-refractivity contribution is 0.0947. The molecule has 0 aromatic heterocycles. The molecule has 0 aromatic carbocycles. The van der Waals surface area contributed by atoms with Gasteiger partial charge >= 0.3 is 15.6 Å². The van der Waals surface area contributed by atoms with Crippen molar-refractivity contribution < 1.29 is 36.3 Å². The van der Waals surface area contributed by atoms with Crippen LogP contribution in [0.3, 0.4) is 0 Å². The van der Waals surface area contributed by atoms with E-state index in [0.717, 1.165) is 38.5 Å². The summed E-state index contributed by atoms with van der Waals surface area (Å²) in [6.45, 7) is 20.6. The highest BCUT2D eigenvalue weighted by Crippen LogP contribution is 2.50. The zero-order chi connectivity index (χ0) is 26.5. The third kappa shape index (κ3) is 23.9. The average molecular weight is 533 g/mol. The minimum atomic E-state index is -3.36. The summed E-state index contributed by atoms with van der Waals surface area (Å²) in [7, 11) is -6.69. The quantitative estimate of drug-likeness (QED) is 0.107. The van der Waals surface area contributed by atoms with Crippen molar-refractivity contribution in [3.8, 4) is 0 Å². The van der Waals surface area contributed by atoms with Crippen LogP contribution in [0.1, 0.15) is 101 Å². The van der Waals surface area contributed by atoms with Crippen LogP contribution < -0.4 is 0 Å². The zero-order valence-corrected chi connectivity index (χ0v) is 25.2. The predicted molar refractivity (Wildman–Crippen MR) is 140 cm³/mol. The predicted octanol–water partition coefficient (Wildman–Crippen LogP) is 8.66. The molecule has 0 unspecified atom stereocenters. The van der Waals surface area contributed by atoms with Crippen molar-refractivity contribution in [2.75, 3.05) is 39.6 Å². The standard InChI is InChI=1S/2C12H27O4P/c1-6-7-8-14-17(13,15-9-11(2)3)16-10-12(4)5;1-5-7-9-14-17(13,15-10-8-6-2)16-11-12(3)4/h11-12H,6-10H2,1-5H3;12H,5-11H2,1-4H3. The molecule has 8 nitrogen and oxygen atoms in total. The molecule has 0 bridgehead atoms. The van der Waals surface area contributed by atoms with E-state index in [1.54, 1.807) is 0 Å². The van der Waals surface area contributed by atoms with Gasteiger partial charge in [-0.1, -0.05) is 81.6 Å².